The van der Waals surface area contributed by atoms with Crippen LogP contribution < -0.4 is 52.4 Å². The first-order valence-electron chi connectivity index (χ1n) is 35.6. The van der Waals surface area contributed by atoms with E-state index in [-0.39, 0.29) is 45.3 Å². The fourth-order valence-electron chi connectivity index (χ4n) is 15.7. The topological polar surface area (TPSA) is 64.5 Å². The summed E-state index contributed by atoms with van der Waals surface area (Å²) < 4.78 is 2.37. The number of anilines is 12. The first kappa shape index (κ1) is 65.7. The van der Waals surface area contributed by atoms with Gasteiger partial charge in [0.25, 0.3) is 6.71 Å². The molecule has 8 nitrogen and oxygen atoms in total. The Balaban J connectivity index is 0.000000148. The molecular weight excluding hydrogens is 1500 g/mol. The zero-order chi connectivity index (χ0) is 70.0. The summed E-state index contributed by atoms with van der Waals surface area (Å²) in [5, 5.41) is 2.01. The molecule has 0 fully saturated rings. The van der Waals surface area contributed by atoms with Crippen molar-refractivity contribution in [3.8, 4) is 43.7 Å². The van der Waals surface area contributed by atoms with E-state index in [9.17, 15) is 0 Å². The van der Waals surface area contributed by atoms with Crippen LogP contribution in [-0.2, 0) is 31.9 Å². The SMILES string of the molecule is CC(C)(C)c1cc2c3c(c1)N(c1ccccc1)c1ccc(-c4nc5ccccc5s4)[c-]c1B3c1[c-]c(-c3ccccn3)ccc1N2c1ccccc1.CC(C)(C)c1cc2c3c(c1)N(c1ccccc1)c1ccc(-c4nc5ccccc5s4)cc1B3c1cc(-c3ccccn3)ccc1N2c1ccccc1.[Pt+2]. The number of thiazole rings is 2. The summed E-state index contributed by atoms with van der Waals surface area (Å²) in [6, 6.07) is 113. The molecule has 4 aliphatic heterocycles. The Morgan fingerprint density at radius 3 is 1.15 bits per heavy atom. The van der Waals surface area contributed by atoms with Crippen LogP contribution in [0.4, 0.5) is 68.2 Å². The molecule has 504 valence electrons. The van der Waals surface area contributed by atoms with Gasteiger partial charge in [-0.3, -0.25) is 9.97 Å². The molecule has 8 heterocycles. The van der Waals surface area contributed by atoms with Crippen molar-refractivity contribution in [2.45, 2.75) is 52.4 Å². The maximum Gasteiger partial charge on any atom is 2.00 e. The van der Waals surface area contributed by atoms with Crippen LogP contribution in [0.3, 0.4) is 0 Å². The van der Waals surface area contributed by atoms with Gasteiger partial charge in [0.15, 0.2) is 0 Å². The van der Waals surface area contributed by atoms with Crippen LogP contribution in [0.25, 0.3) is 64.1 Å². The summed E-state index contributed by atoms with van der Waals surface area (Å²) in [7, 11) is 0. The third-order valence-electron chi connectivity index (χ3n) is 20.7. The zero-order valence-electron chi connectivity index (χ0n) is 58.7. The average molecular weight is 1570 g/mol. The van der Waals surface area contributed by atoms with Crippen LogP contribution in [0.15, 0.2) is 304 Å². The van der Waals surface area contributed by atoms with E-state index in [1.165, 1.54) is 76.5 Å². The van der Waals surface area contributed by atoms with Crippen molar-refractivity contribution in [1.29, 1.82) is 0 Å². The molecule has 4 aromatic heterocycles. The molecule has 0 spiro atoms. The normalized spacial score (nSPS) is 13.0. The van der Waals surface area contributed by atoms with Gasteiger partial charge in [-0.25, -0.2) is 4.98 Å². The van der Waals surface area contributed by atoms with Crippen molar-refractivity contribution in [2.24, 2.45) is 0 Å². The maximum absolute atomic E-state index is 5.11. The minimum absolute atomic E-state index is 0. The van der Waals surface area contributed by atoms with Gasteiger partial charge in [-0.15, -0.1) is 69.8 Å². The molecule has 12 aromatic carbocycles. The quantitative estimate of drug-likeness (QED) is 0.110. The molecule has 16 aromatic rings. The predicted octanol–water partition coefficient (Wildman–Crippen LogP) is 20.4. The zero-order valence-corrected chi connectivity index (χ0v) is 62.6. The van der Waals surface area contributed by atoms with Crippen molar-refractivity contribution in [2.75, 3.05) is 19.6 Å². The van der Waals surface area contributed by atoms with E-state index in [1.807, 2.05) is 30.6 Å². The first-order chi connectivity index (χ1) is 50.8. The molecule has 20 rings (SSSR count). The van der Waals surface area contributed by atoms with Gasteiger partial charge < -0.3 is 24.6 Å². The third-order valence-corrected chi connectivity index (χ3v) is 22.8. The summed E-state index contributed by atoms with van der Waals surface area (Å²) in [4.78, 5) is 29.6. The van der Waals surface area contributed by atoms with Crippen molar-refractivity contribution < 1.29 is 21.1 Å². The standard InChI is InChI=1S/C46H35BN4S.C46H33BN4S.Pt/c2*1-46(2,3)32-28-41-44-42(29-32)51(34-16-8-5-9-17-34)40-24-22-31(45-49-38-19-10-11-20-43(38)52-45)27-36(40)47(44)35-26-30(37-18-12-13-25-48-37)21-23-39(35)50(41)33-14-6-4-7-15-33;/h4-29H,1-3H3;4-25,28-29H,1-3H3;/q;-2;+2. The molecule has 0 bridgehead atoms. The van der Waals surface area contributed by atoms with Gasteiger partial charge in [-0.2, -0.15) is 11.3 Å². The molecule has 0 N–H and O–H groups in total. The first-order valence-corrected chi connectivity index (χ1v) is 37.2. The Hall–Kier alpha value is -11.3. The Kier molecular flexibility index (Phi) is 16.4. The summed E-state index contributed by atoms with van der Waals surface area (Å²) >= 11 is 3.47. The molecule has 0 radical (unpaired) electrons. The van der Waals surface area contributed by atoms with Crippen molar-refractivity contribution >= 4 is 158 Å². The van der Waals surface area contributed by atoms with E-state index in [1.54, 1.807) is 22.7 Å². The molecule has 105 heavy (non-hydrogen) atoms. The van der Waals surface area contributed by atoms with Crippen LogP contribution >= 0.6 is 22.7 Å². The summed E-state index contributed by atoms with van der Waals surface area (Å²) in [6.45, 7) is 13.7. The summed E-state index contributed by atoms with van der Waals surface area (Å²) in [5.41, 5.74) is 31.7. The Morgan fingerprint density at radius 1 is 0.324 bits per heavy atom. The van der Waals surface area contributed by atoms with Crippen molar-refractivity contribution in [3.63, 3.8) is 0 Å². The Bertz CT molecular complexity index is 5540. The molecule has 4 aliphatic rings. The van der Waals surface area contributed by atoms with Gasteiger partial charge in [0.2, 0.25) is 6.71 Å². The molecule has 0 saturated heterocycles. The van der Waals surface area contributed by atoms with Crippen LogP contribution in [0.2, 0.25) is 0 Å². The number of pyridine rings is 2. The smallest absolute Gasteiger partial charge is 0.352 e. The average Bonchev–Trinajstić information content (AvgIpc) is 0.787. The van der Waals surface area contributed by atoms with Crippen LogP contribution in [0, 0.1) is 12.1 Å². The van der Waals surface area contributed by atoms with E-state index in [2.05, 4.69) is 346 Å². The van der Waals surface area contributed by atoms with Crippen LogP contribution in [0.5, 0.6) is 0 Å². The minimum atomic E-state index is -0.137. The second kappa shape index (κ2) is 26.2. The second-order valence-electron chi connectivity index (χ2n) is 29.2. The van der Waals surface area contributed by atoms with E-state index in [4.69, 9.17) is 19.9 Å². The molecule has 0 amide bonds. The molecule has 0 atom stereocenters. The molecule has 0 saturated carbocycles. The van der Waals surface area contributed by atoms with Gasteiger partial charge in [0.1, 0.15) is 5.01 Å². The number of benzene rings is 12. The minimum Gasteiger partial charge on any atom is -0.352 e. The molecular formula is C92H68B2N8PtS2. The van der Waals surface area contributed by atoms with Crippen LogP contribution in [-0.4, -0.2) is 33.4 Å². The molecule has 13 heteroatoms. The monoisotopic (exact) mass is 1570 g/mol. The number of nitrogens with zero attached hydrogens (tertiary/aromatic N) is 8. The largest absolute Gasteiger partial charge is 2.00 e. The van der Waals surface area contributed by atoms with Gasteiger partial charge in [-0.1, -0.05) is 175 Å². The number of hydrogen-bond acceptors (Lipinski definition) is 10. The van der Waals surface area contributed by atoms with E-state index in [0.29, 0.717) is 0 Å². The van der Waals surface area contributed by atoms with Gasteiger partial charge in [0.05, 0.1) is 21.4 Å². The number of aromatic nitrogens is 4. The fraction of sp³-hybridized carbons (Fsp3) is 0.0870. The van der Waals surface area contributed by atoms with Crippen molar-refractivity contribution in [1.82, 2.24) is 19.9 Å². The van der Waals surface area contributed by atoms with E-state index in [0.717, 1.165) is 99.7 Å². The number of para-hydroxylation sites is 6. The third kappa shape index (κ3) is 11.4. The second-order valence-corrected chi connectivity index (χ2v) is 31.3. The van der Waals surface area contributed by atoms with Crippen LogP contribution in [0.1, 0.15) is 52.7 Å². The summed E-state index contributed by atoms with van der Waals surface area (Å²) in [6.07, 6.45) is 3.73. The number of rotatable bonds is 8. The summed E-state index contributed by atoms with van der Waals surface area (Å²) in [5.74, 6) is 0. The maximum atomic E-state index is 5.11. The van der Waals surface area contributed by atoms with E-state index < -0.39 is 0 Å². The number of fused-ring (bicyclic) bond motifs is 10. The van der Waals surface area contributed by atoms with Gasteiger partial charge in [-0.05, 0) is 200 Å². The van der Waals surface area contributed by atoms with Gasteiger partial charge in [0, 0.05) is 84.5 Å². The Morgan fingerprint density at radius 2 is 0.695 bits per heavy atom. The molecule has 0 aliphatic carbocycles. The van der Waals surface area contributed by atoms with E-state index >= 15 is 0 Å². The fourth-order valence-corrected chi connectivity index (χ4v) is 17.6. The van der Waals surface area contributed by atoms with Gasteiger partial charge >= 0.3 is 21.1 Å². The molecule has 0 unspecified atom stereocenters. The predicted molar refractivity (Wildman–Crippen MR) is 440 cm³/mol. The Labute approximate surface area is 636 Å². The number of hydrogen-bond donors (Lipinski definition) is 0. The van der Waals surface area contributed by atoms with Crippen molar-refractivity contribution in [3.05, 3.63) is 327 Å².